The molecule has 23 heavy (non-hydrogen) atoms. The van der Waals surface area contributed by atoms with E-state index in [2.05, 4.69) is 10.6 Å². The van der Waals surface area contributed by atoms with Crippen molar-refractivity contribution < 1.29 is 13.9 Å². The highest BCUT2D eigenvalue weighted by atomic mass is 35.5. The van der Waals surface area contributed by atoms with Gasteiger partial charge in [0, 0.05) is 16.8 Å². The maximum atomic E-state index is 13.3. The molecule has 0 bridgehead atoms. The fraction of sp³-hybridized carbons (Fsp3) is 0.188. The number of halogens is 3. The lowest BCUT2D eigenvalue weighted by Crippen LogP contribution is -2.22. The van der Waals surface area contributed by atoms with Crippen LogP contribution in [0.25, 0.3) is 0 Å². The average molecular weight is 357 g/mol. The summed E-state index contributed by atoms with van der Waals surface area (Å²) in [5.74, 6) is -0.390. The summed E-state index contributed by atoms with van der Waals surface area (Å²) >= 11 is 11.6. The third kappa shape index (κ3) is 4.50. The monoisotopic (exact) mass is 356 g/mol. The van der Waals surface area contributed by atoms with E-state index in [1.54, 1.807) is 18.2 Å². The van der Waals surface area contributed by atoms with Crippen LogP contribution in [0.2, 0.25) is 10.0 Å². The van der Waals surface area contributed by atoms with Gasteiger partial charge in [-0.25, -0.2) is 4.39 Å². The standard InChI is InChI=1S/C16H15Cl2FN2O2/c1-9-5-14(15(23-2)7-12(9)18)21-16(22)8-20-10-3-4-11(17)13(19)6-10/h3-7,20H,8H2,1-2H3,(H,21,22). The van der Waals surface area contributed by atoms with Gasteiger partial charge >= 0.3 is 0 Å². The summed E-state index contributed by atoms with van der Waals surface area (Å²) in [6.45, 7) is 1.79. The van der Waals surface area contributed by atoms with E-state index in [4.69, 9.17) is 27.9 Å². The number of carbonyl (C=O) groups excluding carboxylic acids is 1. The molecule has 0 unspecified atom stereocenters. The molecule has 0 aliphatic heterocycles. The van der Waals surface area contributed by atoms with Gasteiger partial charge in [0.25, 0.3) is 0 Å². The summed E-state index contributed by atoms with van der Waals surface area (Å²) < 4.78 is 18.5. The number of methoxy groups -OCH3 is 1. The molecule has 0 radical (unpaired) electrons. The van der Waals surface area contributed by atoms with Crippen LogP contribution in [0.3, 0.4) is 0 Å². The number of nitrogens with one attached hydrogen (secondary N) is 2. The van der Waals surface area contributed by atoms with Crippen molar-refractivity contribution in [2.75, 3.05) is 24.3 Å². The Kier molecular flexibility index (Phi) is 5.69. The van der Waals surface area contributed by atoms with Crippen LogP contribution in [0.4, 0.5) is 15.8 Å². The summed E-state index contributed by atoms with van der Waals surface area (Å²) in [5.41, 5.74) is 1.79. The zero-order valence-electron chi connectivity index (χ0n) is 12.5. The number of aryl methyl sites for hydroxylation is 1. The van der Waals surface area contributed by atoms with E-state index in [9.17, 15) is 9.18 Å². The van der Waals surface area contributed by atoms with Gasteiger partial charge in [0.1, 0.15) is 11.6 Å². The van der Waals surface area contributed by atoms with Crippen LogP contribution in [0.15, 0.2) is 30.3 Å². The van der Waals surface area contributed by atoms with Gasteiger partial charge in [0.15, 0.2) is 0 Å². The first-order valence-electron chi connectivity index (χ1n) is 6.73. The van der Waals surface area contributed by atoms with Gasteiger partial charge in [0.05, 0.1) is 24.4 Å². The van der Waals surface area contributed by atoms with Gasteiger partial charge in [-0.15, -0.1) is 0 Å². The van der Waals surface area contributed by atoms with Gasteiger partial charge in [0.2, 0.25) is 5.91 Å². The van der Waals surface area contributed by atoms with Crippen LogP contribution < -0.4 is 15.4 Å². The highest BCUT2D eigenvalue weighted by Crippen LogP contribution is 2.30. The highest BCUT2D eigenvalue weighted by Gasteiger charge is 2.10. The molecule has 2 aromatic carbocycles. The summed E-state index contributed by atoms with van der Waals surface area (Å²) in [4.78, 5) is 12.0. The predicted molar refractivity (Wildman–Crippen MR) is 91.3 cm³/mol. The summed E-state index contributed by atoms with van der Waals surface area (Å²) in [6, 6.07) is 7.59. The molecule has 2 rings (SSSR count). The van der Waals surface area contributed by atoms with Gasteiger partial charge < -0.3 is 15.4 Å². The quantitative estimate of drug-likeness (QED) is 0.828. The van der Waals surface area contributed by atoms with Crippen LogP contribution in [0.1, 0.15) is 5.56 Å². The molecular formula is C16H15Cl2FN2O2. The minimum Gasteiger partial charge on any atom is -0.495 e. The number of hydrogen-bond acceptors (Lipinski definition) is 3. The van der Waals surface area contributed by atoms with E-state index in [1.807, 2.05) is 6.92 Å². The molecule has 7 heteroatoms. The largest absolute Gasteiger partial charge is 0.495 e. The van der Waals surface area contributed by atoms with Crippen LogP contribution in [0.5, 0.6) is 5.75 Å². The van der Waals surface area contributed by atoms with Crippen molar-refractivity contribution in [1.29, 1.82) is 0 Å². The molecule has 1 amide bonds. The van der Waals surface area contributed by atoms with E-state index < -0.39 is 5.82 Å². The maximum absolute atomic E-state index is 13.3. The van der Waals surface area contributed by atoms with E-state index in [0.29, 0.717) is 22.1 Å². The predicted octanol–water partition coefficient (Wildman–Crippen LogP) is 4.50. The Morgan fingerprint density at radius 2 is 1.96 bits per heavy atom. The third-order valence-corrected chi connectivity index (χ3v) is 3.84. The Labute approximate surface area is 143 Å². The molecule has 0 aliphatic carbocycles. The molecule has 2 aromatic rings. The van der Waals surface area contributed by atoms with Crippen molar-refractivity contribution in [1.82, 2.24) is 0 Å². The van der Waals surface area contributed by atoms with E-state index in [-0.39, 0.29) is 17.5 Å². The molecule has 0 saturated heterocycles. The number of carbonyl (C=O) groups is 1. The minimum atomic E-state index is -0.549. The number of rotatable bonds is 5. The molecule has 0 spiro atoms. The van der Waals surface area contributed by atoms with E-state index >= 15 is 0 Å². The number of benzene rings is 2. The zero-order valence-corrected chi connectivity index (χ0v) is 14.1. The molecule has 122 valence electrons. The van der Waals surface area contributed by atoms with Crippen LogP contribution in [0, 0.1) is 12.7 Å². The number of amides is 1. The van der Waals surface area contributed by atoms with Crippen molar-refractivity contribution in [3.63, 3.8) is 0 Å². The smallest absolute Gasteiger partial charge is 0.243 e. The SMILES string of the molecule is COc1cc(Cl)c(C)cc1NC(=O)CNc1ccc(Cl)c(F)c1. The van der Waals surface area contributed by atoms with Crippen molar-refractivity contribution in [3.05, 3.63) is 51.8 Å². The first-order chi connectivity index (χ1) is 10.9. The van der Waals surface area contributed by atoms with Gasteiger partial charge in [-0.3, -0.25) is 4.79 Å². The maximum Gasteiger partial charge on any atom is 0.243 e. The van der Waals surface area contributed by atoms with Crippen LogP contribution >= 0.6 is 23.2 Å². The number of anilines is 2. The number of ether oxygens (including phenoxy) is 1. The minimum absolute atomic E-state index is 0.0291. The molecule has 0 saturated carbocycles. The van der Waals surface area contributed by atoms with Crippen LogP contribution in [-0.2, 0) is 4.79 Å². The average Bonchev–Trinajstić information content (AvgIpc) is 2.52. The Balaban J connectivity index is 2.02. The Hall–Kier alpha value is -1.98. The lowest BCUT2D eigenvalue weighted by atomic mass is 10.2. The molecule has 0 fully saturated rings. The Bertz CT molecular complexity index is 738. The lowest BCUT2D eigenvalue weighted by Gasteiger charge is -2.13. The second kappa shape index (κ2) is 7.53. The first kappa shape index (κ1) is 17.4. The molecule has 0 aromatic heterocycles. The zero-order chi connectivity index (χ0) is 17.0. The lowest BCUT2D eigenvalue weighted by molar-refractivity contribution is -0.114. The van der Waals surface area contributed by atoms with Gasteiger partial charge in [-0.2, -0.15) is 0 Å². The van der Waals surface area contributed by atoms with E-state index in [0.717, 1.165) is 5.56 Å². The second-order valence-electron chi connectivity index (χ2n) is 4.83. The number of hydrogen-bond donors (Lipinski definition) is 2. The van der Waals surface area contributed by atoms with Gasteiger partial charge in [-0.05, 0) is 36.8 Å². The Morgan fingerprint density at radius 3 is 2.61 bits per heavy atom. The first-order valence-corrected chi connectivity index (χ1v) is 7.49. The fourth-order valence-corrected chi connectivity index (χ4v) is 2.18. The van der Waals surface area contributed by atoms with Crippen LogP contribution in [-0.4, -0.2) is 19.6 Å². The van der Waals surface area contributed by atoms with Gasteiger partial charge in [-0.1, -0.05) is 23.2 Å². The van der Waals surface area contributed by atoms with E-state index in [1.165, 1.54) is 19.2 Å². The normalized spacial score (nSPS) is 10.3. The topological polar surface area (TPSA) is 50.4 Å². The fourth-order valence-electron chi connectivity index (χ4n) is 1.91. The third-order valence-electron chi connectivity index (χ3n) is 3.13. The summed E-state index contributed by atoms with van der Waals surface area (Å²) in [6.07, 6.45) is 0. The molecular weight excluding hydrogens is 342 g/mol. The molecule has 0 heterocycles. The highest BCUT2D eigenvalue weighted by molar-refractivity contribution is 6.31. The molecule has 2 N–H and O–H groups in total. The van der Waals surface area contributed by atoms with Crippen molar-refractivity contribution in [2.24, 2.45) is 0 Å². The summed E-state index contributed by atoms with van der Waals surface area (Å²) in [7, 11) is 1.49. The van der Waals surface area contributed by atoms with Crippen molar-refractivity contribution in [2.45, 2.75) is 6.92 Å². The second-order valence-corrected chi connectivity index (χ2v) is 5.65. The molecule has 0 aliphatic rings. The van der Waals surface area contributed by atoms with Crippen molar-refractivity contribution >= 4 is 40.5 Å². The molecule has 0 atom stereocenters. The summed E-state index contributed by atoms with van der Waals surface area (Å²) in [5, 5.41) is 6.12. The Morgan fingerprint density at radius 1 is 1.22 bits per heavy atom. The van der Waals surface area contributed by atoms with Crippen molar-refractivity contribution in [3.8, 4) is 5.75 Å². The molecule has 4 nitrogen and oxygen atoms in total.